The molecule has 0 unspecified atom stereocenters. The van der Waals surface area contributed by atoms with Crippen LogP contribution in [0, 0.1) is 0 Å². The van der Waals surface area contributed by atoms with E-state index in [4.69, 9.17) is 19.3 Å². The number of benzene rings is 2. The van der Waals surface area contributed by atoms with Gasteiger partial charge in [-0.1, -0.05) is 23.9 Å². The summed E-state index contributed by atoms with van der Waals surface area (Å²) in [5.74, 6) is 1.67. The highest BCUT2D eigenvalue weighted by molar-refractivity contribution is 5.77. The number of carboxylic acid groups (broad SMARTS) is 1. The number of likely N-dealkylation sites (tertiary alicyclic amines) is 1. The molecule has 32 heavy (non-hydrogen) atoms. The quantitative estimate of drug-likeness (QED) is 0.321. The molecule has 2 heterocycles. The van der Waals surface area contributed by atoms with Gasteiger partial charge in [0.15, 0.2) is 11.5 Å². The van der Waals surface area contributed by atoms with E-state index in [-0.39, 0.29) is 11.8 Å². The van der Waals surface area contributed by atoms with E-state index < -0.39 is 6.16 Å². The van der Waals surface area contributed by atoms with E-state index in [1.165, 1.54) is 5.56 Å². The third kappa shape index (κ3) is 4.83. The van der Waals surface area contributed by atoms with Gasteiger partial charge in [-0.25, -0.2) is 9.48 Å². The van der Waals surface area contributed by atoms with Crippen molar-refractivity contribution in [2.75, 3.05) is 26.8 Å². The molecule has 1 saturated heterocycles. The number of nitrogens with zero attached hydrogens (tertiary/aromatic N) is 4. The topological polar surface area (TPSA) is 98.9 Å². The fourth-order valence-electron chi connectivity index (χ4n) is 4.02. The van der Waals surface area contributed by atoms with Gasteiger partial charge in [-0.3, -0.25) is 4.90 Å². The van der Waals surface area contributed by atoms with Crippen molar-refractivity contribution in [2.45, 2.75) is 25.4 Å². The van der Waals surface area contributed by atoms with Crippen molar-refractivity contribution in [3.63, 3.8) is 0 Å². The number of hydrogen-bond acceptors (Lipinski definition) is 7. The summed E-state index contributed by atoms with van der Waals surface area (Å²) < 4.78 is 17.7. The van der Waals surface area contributed by atoms with E-state index in [0.29, 0.717) is 17.9 Å². The van der Waals surface area contributed by atoms with Crippen molar-refractivity contribution in [1.29, 1.82) is 0 Å². The van der Waals surface area contributed by atoms with E-state index in [1.54, 1.807) is 25.3 Å². The first kappa shape index (κ1) is 21.6. The Bertz CT molecular complexity index is 1100. The Balaban J connectivity index is 1.39. The smallest absolute Gasteiger partial charge is 0.493 e. The number of aromatic nitrogens is 3. The first-order valence-corrected chi connectivity index (χ1v) is 10.5. The molecule has 2 aromatic carbocycles. The lowest BCUT2D eigenvalue weighted by atomic mass is 10.0. The third-order valence-corrected chi connectivity index (χ3v) is 5.54. The number of ether oxygens (including phenoxy) is 3. The van der Waals surface area contributed by atoms with Crippen molar-refractivity contribution < 1.29 is 24.1 Å². The summed E-state index contributed by atoms with van der Waals surface area (Å²) in [5.41, 5.74) is 2.66. The van der Waals surface area contributed by atoms with Crippen molar-refractivity contribution in [1.82, 2.24) is 19.9 Å². The molecule has 0 amide bonds. The molecule has 9 heteroatoms. The maximum atomic E-state index is 10.7. The average molecular weight is 438 g/mol. The summed E-state index contributed by atoms with van der Waals surface area (Å²) in [5, 5.41) is 17.3. The summed E-state index contributed by atoms with van der Waals surface area (Å²) in [6, 6.07) is 11.3. The molecule has 0 spiro atoms. The second-order valence-electron chi connectivity index (χ2n) is 7.64. The molecule has 1 aliphatic heterocycles. The number of fused-ring (bicyclic) bond motifs is 1. The maximum absolute atomic E-state index is 10.7. The maximum Gasteiger partial charge on any atom is 0.511 e. The fraction of sp³-hybridized carbons (Fsp3) is 0.348. The lowest BCUT2D eigenvalue weighted by Crippen LogP contribution is -2.34. The SMILES string of the molecule is C=CCOc1cc(CN2CCC(n3nnc4cc(OC(=O)O)ccc43)CC2)ccc1OC. The molecule has 0 atom stereocenters. The standard InChI is InChI=1S/C23H26N4O5/c1-3-12-31-22-13-16(4-7-21(22)30-2)15-26-10-8-17(9-11-26)27-20-6-5-18(32-23(28)29)14-19(20)24-25-27/h3-7,13-14,17H,1,8-12,15H2,2H3,(H,28,29). The Kier molecular flexibility index (Phi) is 6.55. The summed E-state index contributed by atoms with van der Waals surface area (Å²) in [6.45, 7) is 6.82. The summed E-state index contributed by atoms with van der Waals surface area (Å²) in [7, 11) is 1.63. The molecular formula is C23H26N4O5. The Morgan fingerprint density at radius 3 is 2.75 bits per heavy atom. The van der Waals surface area contributed by atoms with Crippen LogP contribution >= 0.6 is 0 Å². The van der Waals surface area contributed by atoms with Crippen LogP contribution in [0.5, 0.6) is 17.2 Å². The van der Waals surface area contributed by atoms with Gasteiger partial charge in [0.05, 0.1) is 18.7 Å². The first-order valence-electron chi connectivity index (χ1n) is 10.5. The second-order valence-corrected chi connectivity index (χ2v) is 7.64. The van der Waals surface area contributed by atoms with Crippen LogP contribution < -0.4 is 14.2 Å². The van der Waals surface area contributed by atoms with E-state index in [2.05, 4.69) is 27.9 Å². The van der Waals surface area contributed by atoms with E-state index >= 15 is 0 Å². The zero-order valence-corrected chi connectivity index (χ0v) is 17.9. The normalized spacial score (nSPS) is 14.9. The van der Waals surface area contributed by atoms with Gasteiger partial charge in [0.2, 0.25) is 0 Å². The van der Waals surface area contributed by atoms with Gasteiger partial charge in [-0.2, -0.15) is 0 Å². The molecule has 0 aliphatic carbocycles. The molecule has 9 nitrogen and oxygen atoms in total. The fourth-order valence-corrected chi connectivity index (χ4v) is 4.02. The highest BCUT2D eigenvalue weighted by Crippen LogP contribution is 2.31. The van der Waals surface area contributed by atoms with Gasteiger partial charge in [0, 0.05) is 25.7 Å². The van der Waals surface area contributed by atoms with Gasteiger partial charge in [0.1, 0.15) is 17.9 Å². The number of hydrogen-bond donors (Lipinski definition) is 1. The number of piperidine rings is 1. The zero-order chi connectivity index (χ0) is 22.5. The lowest BCUT2D eigenvalue weighted by Gasteiger charge is -2.32. The predicted molar refractivity (Wildman–Crippen MR) is 118 cm³/mol. The third-order valence-electron chi connectivity index (χ3n) is 5.54. The van der Waals surface area contributed by atoms with E-state index in [0.717, 1.165) is 43.7 Å². The Labute approximate surface area is 185 Å². The van der Waals surface area contributed by atoms with Gasteiger partial charge in [0.25, 0.3) is 0 Å². The molecule has 4 rings (SSSR count). The number of rotatable bonds is 8. The zero-order valence-electron chi connectivity index (χ0n) is 17.9. The Hall–Kier alpha value is -3.59. The number of methoxy groups -OCH3 is 1. The van der Waals surface area contributed by atoms with Crippen LogP contribution in [0.3, 0.4) is 0 Å². The minimum Gasteiger partial charge on any atom is -0.493 e. The molecule has 1 aromatic heterocycles. The van der Waals surface area contributed by atoms with Gasteiger partial charge in [-0.05, 0) is 42.7 Å². The molecule has 0 radical (unpaired) electrons. The van der Waals surface area contributed by atoms with E-state index in [1.807, 2.05) is 22.9 Å². The van der Waals surface area contributed by atoms with Crippen LogP contribution in [0.15, 0.2) is 49.1 Å². The molecule has 0 saturated carbocycles. The first-order chi connectivity index (χ1) is 15.6. The van der Waals surface area contributed by atoms with Crippen LogP contribution in [0.4, 0.5) is 4.79 Å². The summed E-state index contributed by atoms with van der Waals surface area (Å²) >= 11 is 0. The lowest BCUT2D eigenvalue weighted by molar-refractivity contribution is 0.144. The van der Waals surface area contributed by atoms with Crippen molar-refractivity contribution in [2.24, 2.45) is 0 Å². The average Bonchev–Trinajstić information content (AvgIpc) is 3.21. The van der Waals surface area contributed by atoms with Gasteiger partial charge < -0.3 is 19.3 Å². The Morgan fingerprint density at radius 2 is 2.03 bits per heavy atom. The molecule has 1 aliphatic rings. The minimum absolute atomic E-state index is 0.239. The molecule has 3 aromatic rings. The Morgan fingerprint density at radius 1 is 1.22 bits per heavy atom. The van der Waals surface area contributed by atoms with Gasteiger partial charge in [-0.15, -0.1) is 5.10 Å². The van der Waals surface area contributed by atoms with Crippen LogP contribution in [0.1, 0.15) is 24.4 Å². The van der Waals surface area contributed by atoms with Crippen molar-refractivity contribution in [3.8, 4) is 17.2 Å². The van der Waals surface area contributed by atoms with Crippen LogP contribution in [0.2, 0.25) is 0 Å². The van der Waals surface area contributed by atoms with Crippen molar-refractivity contribution in [3.05, 3.63) is 54.6 Å². The van der Waals surface area contributed by atoms with Crippen molar-refractivity contribution >= 4 is 17.2 Å². The van der Waals surface area contributed by atoms with Crippen LogP contribution in [0.25, 0.3) is 11.0 Å². The largest absolute Gasteiger partial charge is 0.511 e. The van der Waals surface area contributed by atoms with Crippen LogP contribution in [-0.4, -0.2) is 58.0 Å². The molecule has 168 valence electrons. The summed E-state index contributed by atoms with van der Waals surface area (Å²) in [4.78, 5) is 13.1. The highest BCUT2D eigenvalue weighted by atomic mass is 16.7. The molecular weight excluding hydrogens is 412 g/mol. The molecule has 0 bridgehead atoms. The molecule has 1 fully saturated rings. The predicted octanol–water partition coefficient (Wildman–Crippen LogP) is 3.90. The summed E-state index contributed by atoms with van der Waals surface area (Å²) in [6.07, 6.45) is 2.26. The monoisotopic (exact) mass is 438 g/mol. The van der Waals surface area contributed by atoms with Gasteiger partial charge >= 0.3 is 6.16 Å². The second kappa shape index (κ2) is 9.69. The van der Waals surface area contributed by atoms with E-state index in [9.17, 15) is 4.79 Å². The van der Waals surface area contributed by atoms with Crippen LogP contribution in [-0.2, 0) is 6.54 Å². The highest BCUT2D eigenvalue weighted by Gasteiger charge is 2.23. The number of carbonyl (C=O) groups is 1. The molecule has 1 N–H and O–H groups in total. The minimum atomic E-state index is -1.35.